The lowest BCUT2D eigenvalue weighted by atomic mass is 9.99. The molecule has 0 aliphatic rings. The van der Waals surface area contributed by atoms with Gasteiger partial charge in [0, 0.05) is 50.0 Å². The fourth-order valence-corrected chi connectivity index (χ4v) is 9.52. The van der Waals surface area contributed by atoms with E-state index in [4.69, 9.17) is 0 Å². The molecule has 12 rings (SSSR count). The van der Waals surface area contributed by atoms with Gasteiger partial charge in [0.2, 0.25) is 0 Å². The highest BCUT2D eigenvalue weighted by molar-refractivity contribution is 6.11. The lowest BCUT2D eigenvalue weighted by molar-refractivity contribution is 1.17. The molecule has 0 aliphatic heterocycles. The maximum atomic E-state index is 2.38. The van der Waals surface area contributed by atoms with Crippen LogP contribution >= 0.6 is 0 Å². The Morgan fingerprint density at radius 3 is 1.17 bits per heavy atom. The Morgan fingerprint density at radius 2 is 0.603 bits per heavy atom. The minimum atomic E-state index is 1.08. The van der Waals surface area contributed by atoms with Crippen LogP contribution in [0.15, 0.2) is 249 Å². The molecular weight excluding hydrogens is 763 g/mol. The van der Waals surface area contributed by atoms with Crippen LogP contribution in [0.3, 0.4) is 0 Å². The molecule has 0 atom stereocenters. The number of aromatic nitrogens is 2. The Kier molecular flexibility index (Phi) is 8.83. The molecule has 296 valence electrons. The van der Waals surface area contributed by atoms with Crippen LogP contribution in [0.5, 0.6) is 0 Å². The molecule has 0 N–H and O–H groups in total. The molecule has 3 heteroatoms. The number of hydrogen-bond acceptors (Lipinski definition) is 1. The Bertz CT molecular complexity index is 3530. The third kappa shape index (κ3) is 6.38. The van der Waals surface area contributed by atoms with Crippen LogP contribution in [0.25, 0.3) is 88.4 Å². The third-order valence-electron chi connectivity index (χ3n) is 12.5. The summed E-state index contributed by atoms with van der Waals surface area (Å²) in [5, 5.41) is 5.00. The highest BCUT2D eigenvalue weighted by atomic mass is 15.1. The third-order valence-corrected chi connectivity index (χ3v) is 12.5. The van der Waals surface area contributed by atoms with E-state index in [-0.39, 0.29) is 0 Å². The summed E-state index contributed by atoms with van der Waals surface area (Å²) in [5.41, 5.74) is 17.5. The highest BCUT2D eigenvalue weighted by Crippen LogP contribution is 2.41. The van der Waals surface area contributed by atoms with Gasteiger partial charge in [0.1, 0.15) is 0 Å². The number of fused-ring (bicyclic) bond motifs is 6. The van der Waals surface area contributed by atoms with Crippen molar-refractivity contribution in [1.29, 1.82) is 0 Å². The minimum absolute atomic E-state index is 1.08. The molecule has 0 bridgehead atoms. The maximum absolute atomic E-state index is 2.38. The largest absolute Gasteiger partial charge is 0.310 e. The topological polar surface area (TPSA) is 13.1 Å². The van der Waals surface area contributed by atoms with Crippen LogP contribution < -0.4 is 4.90 Å². The molecule has 0 spiro atoms. The Balaban J connectivity index is 0.957. The van der Waals surface area contributed by atoms with Gasteiger partial charge in [-0.25, -0.2) is 0 Å². The molecule has 0 fully saturated rings. The second-order valence-electron chi connectivity index (χ2n) is 16.2. The van der Waals surface area contributed by atoms with Crippen molar-refractivity contribution in [1.82, 2.24) is 9.13 Å². The van der Waals surface area contributed by atoms with Crippen molar-refractivity contribution in [2.24, 2.45) is 0 Å². The van der Waals surface area contributed by atoms with Crippen molar-refractivity contribution < 1.29 is 0 Å². The van der Waals surface area contributed by atoms with Gasteiger partial charge in [-0.3, -0.25) is 0 Å². The Labute approximate surface area is 366 Å². The smallest absolute Gasteiger partial charge is 0.0541 e. The van der Waals surface area contributed by atoms with Gasteiger partial charge in [0.15, 0.2) is 0 Å². The van der Waals surface area contributed by atoms with Crippen molar-refractivity contribution in [2.45, 2.75) is 0 Å². The second kappa shape index (κ2) is 15.3. The summed E-state index contributed by atoms with van der Waals surface area (Å²) in [4.78, 5) is 2.38. The van der Waals surface area contributed by atoms with Gasteiger partial charge in [-0.15, -0.1) is 0 Å². The van der Waals surface area contributed by atoms with E-state index in [2.05, 4.69) is 263 Å². The number of rotatable bonds is 8. The standard InChI is InChI=1S/C60H41N3/c1-3-14-42(15-4-1)43-26-28-44(29-27-43)45-30-33-49(34-31-45)61(50-35-37-51(38-36-50)63-57-23-10-7-20-53(57)54-21-8-11-24-58(54)63)52-19-13-16-46(40-52)47-32-39-60-56(41-47)55-22-9-12-25-59(55)62(60)48-17-5-2-6-18-48/h1-41H. The number of para-hydroxylation sites is 4. The predicted molar refractivity (Wildman–Crippen MR) is 266 cm³/mol. The van der Waals surface area contributed by atoms with Crippen LogP contribution in [0.1, 0.15) is 0 Å². The molecule has 63 heavy (non-hydrogen) atoms. The predicted octanol–water partition coefficient (Wildman–Crippen LogP) is 16.4. The molecule has 0 saturated heterocycles. The molecule has 0 amide bonds. The lowest BCUT2D eigenvalue weighted by Crippen LogP contribution is -2.10. The average Bonchev–Trinajstić information content (AvgIpc) is 3.88. The fourth-order valence-electron chi connectivity index (χ4n) is 9.52. The van der Waals surface area contributed by atoms with Crippen molar-refractivity contribution in [3.63, 3.8) is 0 Å². The minimum Gasteiger partial charge on any atom is -0.310 e. The van der Waals surface area contributed by atoms with Gasteiger partial charge in [-0.05, 0) is 124 Å². The summed E-state index contributed by atoms with van der Waals surface area (Å²) in [6, 6.07) is 90.1. The summed E-state index contributed by atoms with van der Waals surface area (Å²) in [6.45, 7) is 0. The summed E-state index contributed by atoms with van der Waals surface area (Å²) in [6.07, 6.45) is 0. The zero-order valence-corrected chi connectivity index (χ0v) is 34.5. The van der Waals surface area contributed by atoms with Crippen molar-refractivity contribution in [3.05, 3.63) is 249 Å². The van der Waals surface area contributed by atoms with Gasteiger partial charge in [0.05, 0.1) is 22.1 Å². The normalized spacial score (nSPS) is 11.5. The number of nitrogens with zero attached hydrogens (tertiary/aromatic N) is 3. The van der Waals surface area contributed by atoms with E-state index in [0.29, 0.717) is 0 Å². The SMILES string of the molecule is c1ccc(-c2ccc(-c3ccc(N(c4ccc(-n5c6ccccc6c6ccccc65)cc4)c4cccc(-c5ccc6c(c5)c5ccccc5n6-c5ccccc5)c4)cc3)cc2)cc1. The van der Waals surface area contributed by atoms with Gasteiger partial charge in [-0.1, -0.05) is 158 Å². The molecule has 0 aliphatic carbocycles. The summed E-state index contributed by atoms with van der Waals surface area (Å²) < 4.78 is 4.75. The summed E-state index contributed by atoms with van der Waals surface area (Å²) >= 11 is 0. The van der Waals surface area contributed by atoms with Crippen LogP contribution in [0, 0.1) is 0 Å². The Hall–Kier alpha value is -8.40. The molecule has 3 nitrogen and oxygen atoms in total. The zero-order chi connectivity index (χ0) is 41.7. The molecule has 2 aromatic heterocycles. The Morgan fingerprint density at radius 1 is 0.222 bits per heavy atom. The second-order valence-corrected chi connectivity index (χ2v) is 16.2. The number of anilines is 3. The van der Waals surface area contributed by atoms with E-state index >= 15 is 0 Å². The molecule has 12 aromatic rings. The molecule has 0 unspecified atom stereocenters. The fraction of sp³-hybridized carbons (Fsp3) is 0. The molecule has 0 radical (unpaired) electrons. The first kappa shape index (κ1) is 36.5. The molecule has 0 saturated carbocycles. The van der Waals surface area contributed by atoms with E-state index in [1.54, 1.807) is 0 Å². The summed E-state index contributed by atoms with van der Waals surface area (Å²) in [7, 11) is 0. The zero-order valence-electron chi connectivity index (χ0n) is 34.5. The van der Waals surface area contributed by atoms with Gasteiger partial charge in [0.25, 0.3) is 0 Å². The number of benzene rings is 10. The van der Waals surface area contributed by atoms with Crippen molar-refractivity contribution >= 4 is 60.7 Å². The first-order valence-electron chi connectivity index (χ1n) is 21.6. The molecular formula is C60H41N3. The van der Waals surface area contributed by atoms with Crippen LogP contribution in [-0.2, 0) is 0 Å². The monoisotopic (exact) mass is 803 g/mol. The van der Waals surface area contributed by atoms with Gasteiger partial charge >= 0.3 is 0 Å². The van der Waals surface area contributed by atoms with Crippen LogP contribution in [0.4, 0.5) is 17.1 Å². The van der Waals surface area contributed by atoms with E-state index in [9.17, 15) is 0 Å². The van der Waals surface area contributed by atoms with Gasteiger partial charge < -0.3 is 14.0 Å². The van der Waals surface area contributed by atoms with E-state index in [0.717, 1.165) is 34.0 Å². The number of hydrogen-bond donors (Lipinski definition) is 0. The first-order valence-corrected chi connectivity index (χ1v) is 21.6. The van der Waals surface area contributed by atoms with Crippen molar-refractivity contribution in [3.8, 4) is 44.8 Å². The summed E-state index contributed by atoms with van der Waals surface area (Å²) in [5.74, 6) is 0. The van der Waals surface area contributed by atoms with Gasteiger partial charge in [-0.2, -0.15) is 0 Å². The average molecular weight is 804 g/mol. The van der Waals surface area contributed by atoms with Crippen molar-refractivity contribution in [2.75, 3.05) is 4.90 Å². The van der Waals surface area contributed by atoms with E-state index < -0.39 is 0 Å². The van der Waals surface area contributed by atoms with E-state index in [1.807, 2.05) is 0 Å². The lowest BCUT2D eigenvalue weighted by Gasteiger charge is -2.26. The van der Waals surface area contributed by atoms with E-state index in [1.165, 1.54) is 71.4 Å². The van der Waals surface area contributed by atoms with Crippen LogP contribution in [0.2, 0.25) is 0 Å². The molecule has 10 aromatic carbocycles. The molecule has 2 heterocycles. The maximum Gasteiger partial charge on any atom is 0.0541 e. The first-order chi connectivity index (χ1) is 31.2. The quantitative estimate of drug-likeness (QED) is 0.149. The highest BCUT2D eigenvalue weighted by Gasteiger charge is 2.18. The van der Waals surface area contributed by atoms with Crippen LogP contribution in [-0.4, -0.2) is 9.13 Å².